The van der Waals surface area contributed by atoms with Crippen LogP contribution in [0, 0.1) is 0 Å². The minimum Gasteiger partial charge on any atom is -0.398 e. The summed E-state index contributed by atoms with van der Waals surface area (Å²) in [6, 6.07) is 5.48. The lowest BCUT2D eigenvalue weighted by Crippen LogP contribution is -2.03. The van der Waals surface area contributed by atoms with Crippen LogP contribution in [0.3, 0.4) is 0 Å². The highest BCUT2D eigenvalue weighted by atomic mass is 35.5. The number of hydrogen-bond acceptors (Lipinski definition) is 4. The third-order valence-corrected chi connectivity index (χ3v) is 3.85. The van der Waals surface area contributed by atoms with Crippen LogP contribution in [-0.2, 0) is 6.54 Å². The molecule has 2 rings (SSSR count). The van der Waals surface area contributed by atoms with Gasteiger partial charge in [0.2, 0.25) is 0 Å². The van der Waals surface area contributed by atoms with E-state index >= 15 is 0 Å². The number of aromatic nitrogens is 4. The molecule has 0 bridgehead atoms. The van der Waals surface area contributed by atoms with Crippen LogP contribution in [0.15, 0.2) is 18.2 Å². The van der Waals surface area contributed by atoms with E-state index in [1.807, 2.05) is 16.8 Å². The molecular weight excluding hydrogens is 286 g/mol. The third kappa shape index (κ3) is 4.43. The standard InChI is InChI=1S/C15H22ClN5/c1-2-3-4-5-6-7-10-21-15(18-19-20-21)12-8-9-13(16)14(17)11-12/h8-9,11H,2-7,10,17H2,1H3. The minimum atomic E-state index is 0.545. The van der Waals surface area contributed by atoms with E-state index < -0.39 is 0 Å². The number of halogens is 1. The van der Waals surface area contributed by atoms with Crippen molar-refractivity contribution < 1.29 is 0 Å². The molecular formula is C15H22ClN5. The Bertz CT molecular complexity index is 567. The summed E-state index contributed by atoms with van der Waals surface area (Å²) in [7, 11) is 0. The van der Waals surface area contributed by atoms with Gasteiger partial charge in [0.25, 0.3) is 0 Å². The maximum atomic E-state index is 5.94. The first-order chi connectivity index (χ1) is 10.2. The molecule has 1 aromatic carbocycles. The van der Waals surface area contributed by atoms with E-state index in [9.17, 15) is 0 Å². The van der Waals surface area contributed by atoms with Crippen molar-refractivity contribution >= 4 is 17.3 Å². The minimum absolute atomic E-state index is 0.545. The number of aryl methyl sites for hydroxylation is 1. The van der Waals surface area contributed by atoms with Gasteiger partial charge in [-0.05, 0) is 35.0 Å². The molecule has 0 amide bonds. The Kier molecular flexibility index (Phi) is 5.99. The quantitative estimate of drug-likeness (QED) is 0.592. The van der Waals surface area contributed by atoms with Crippen LogP contribution in [0.2, 0.25) is 5.02 Å². The van der Waals surface area contributed by atoms with Gasteiger partial charge in [-0.2, -0.15) is 0 Å². The van der Waals surface area contributed by atoms with Crippen LogP contribution < -0.4 is 5.73 Å². The van der Waals surface area contributed by atoms with Crippen LogP contribution >= 0.6 is 11.6 Å². The molecule has 1 aromatic heterocycles. The number of unbranched alkanes of at least 4 members (excludes halogenated alkanes) is 5. The molecule has 0 aliphatic heterocycles. The predicted octanol–water partition coefficient (Wildman–Crippen LogP) is 3.94. The van der Waals surface area contributed by atoms with Gasteiger partial charge in [-0.15, -0.1) is 5.10 Å². The molecule has 2 N–H and O–H groups in total. The molecule has 0 fully saturated rings. The number of tetrazole rings is 1. The number of rotatable bonds is 8. The fourth-order valence-electron chi connectivity index (χ4n) is 2.29. The first kappa shape index (κ1) is 15.8. The highest BCUT2D eigenvalue weighted by molar-refractivity contribution is 6.33. The maximum absolute atomic E-state index is 5.94. The van der Waals surface area contributed by atoms with Gasteiger partial charge in [0.15, 0.2) is 5.82 Å². The van der Waals surface area contributed by atoms with Crippen molar-refractivity contribution in [3.63, 3.8) is 0 Å². The Morgan fingerprint density at radius 1 is 1.14 bits per heavy atom. The number of nitrogen functional groups attached to an aromatic ring is 1. The third-order valence-electron chi connectivity index (χ3n) is 3.51. The average molecular weight is 308 g/mol. The Hall–Kier alpha value is -1.62. The summed E-state index contributed by atoms with van der Waals surface area (Å²) in [6.45, 7) is 3.06. The van der Waals surface area contributed by atoms with Gasteiger partial charge in [-0.25, -0.2) is 4.68 Å². The number of nitrogens with zero attached hydrogens (tertiary/aromatic N) is 4. The summed E-state index contributed by atoms with van der Waals surface area (Å²) in [6.07, 6.45) is 7.48. The molecule has 0 saturated carbocycles. The number of anilines is 1. The molecule has 1 heterocycles. The first-order valence-corrected chi connectivity index (χ1v) is 7.91. The molecule has 0 aliphatic rings. The molecule has 6 heteroatoms. The lowest BCUT2D eigenvalue weighted by atomic mass is 10.1. The van der Waals surface area contributed by atoms with E-state index in [0.29, 0.717) is 10.7 Å². The SMILES string of the molecule is CCCCCCCCn1nnnc1-c1ccc(Cl)c(N)c1. The monoisotopic (exact) mass is 307 g/mol. The van der Waals surface area contributed by atoms with Gasteiger partial charge in [-0.1, -0.05) is 50.6 Å². The van der Waals surface area contributed by atoms with Gasteiger partial charge < -0.3 is 5.73 Å². The first-order valence-electron chi connectivity index (χ1n) is 7.54. The second-order valence-electron chi connectivity index (χ2n) is 5.23. The van der Waals surface area contributed by atoms with Crippen LogP contribution in [0.5, 0.6) is 0 Å². The predicted molar refractivity (Wildman–Crippen MR) is 86.1 cm³/mol. The molecule has 0 saturated heterocycles. The lowest BCUT2D eigenvalue weighted by Gasteiger charge is -2.06. The van der Waals surface area contributed by atoms with E-state index in [2.05, 4.69) is 22.4 Å². The second kappa shape index (κ2) is 7.98. The van der Waals surface area contributed by atoms with Crippen molar-refractivity contribution in [1.82, 2.24) is 20.2 Å². The molecule has 114 valence electrons. The van der Waals surface area contributed by atoms with Crippen molar-refractivity contribution in [3.05, 3.63) is 23.2 Å². The number of benzene rings is 1. The summed E-state index contributed by atoms with van der Waals surface area (Å²) in [5.41, 5.74) is 7.28. The average Bonchev–Trinajstić information content (AvgIpc) is 2.94. The molecule has 0 radical (unpaired) electrons. The Labute approximate surface area is 130 Å². The van der Waals surface area contributed by atoms with Crippen molar-refractivity contribution in [2.75, 3.05) is 5.73 Å². The van der Waals surface area contributed by atoms with Crippen LogP contribution in [0.25, 0.3) is 11.4 Å². The molecule has 0 spiro atoms. The molecule has 2 aromatic rings. The zero-order chi connectivity index (χ0) is 15.1. The zero-order valence-electron chi connectivity index (χ0n) is 12.4. The second-order valence-corrected chi connectivity index (χ2v) is 5.64. The lowest BCUT2D eigenvalue weighted by molar-refractivity contribution is 0.519. The number of hydrogen-bond donors (Lipinski definition) is 1. The molecule has 0 aliphatic carbocycles. The smallest absolute Gasteiger partial charge is 0.182 e. The van der Waals surface area contributed by atoms with Crippen molar-refractivity contribution in [1.29, 1.82) is 0 Å². The number of nitrogens with two attached hydrogens (primary N) is 1. The van der Waals surface area contributed by atoms with Crippen LogP contribution in [0.4, 0.5) is 5.69 Å². The molecule has 21 heavy (non-hydrogen) atoms. The Morgan fingerprint density at radius 3 is 2.67 bits per heavy atom. The van der Waals surface area contributed by atoms with Crippen molar-refractivity contribution in [3.8, 4) is 11.4 Å². The molecule has 0 unspecified atom stereocenters. The topological polar surface area (TPSA) is 69.6 Å². The summed E-state index contributed by atoms with van der Waals surface area (Å²) in [5, 5.41) is 12.5. The summed E-state index contributed by atoms with van der Waals surface area (Å²) >= 11 is 5.94. The summed E-state index contributed by atoms with van der Waals surface area (Å²) < 4.78 is 1.84. The van der Waals surface area contributed by atoms with Crippen LogP contribution in [0.1, 0.15) is 45.4 Å². The Balaban J connectivity index is 1.93. The summed E-state index contributed by atoms with van der Waals surface area (Å²) in [5.74, 6) is 0.743. The van der Waals surface area contributed by atoms with Gasteiger partial charge in [-0.3, -0.25) is 0 Å². The maximum Gasteiger partial charge on any atom is 0.182 e. The van der Waals surface area contributed by atoms with Gasteiger partial charge in [0.05, 0.1) is 10.7 Å². The van der Waals surface area contributed by atoms with Gasteiger partial charge in [0.1, 0.15) is 0 Å². The van der Waals surface area contributed by atoms with Crippen molar-refractivity contribution in [2.24, 2.45) is 0 Å². The normalized spacial score (nSPS) is 11.0. The van der Waals surface area contributed by atoms with Gasteiger partial charge >= 0.3 is 0 Å². The Morgan fingerprint density at radius 2 is 1.90 bits per heavy atom. The van der Waals surface area contributed by atoms with Crippen molar-refractivity contribution in [2.45, 2.75) is 52.0 Å². The van der Waals surface area contributed by atoms with Gasteiger partial charge in [0, 0.05) is 12.1 Å². The fraction of sp³-hybridized carbons (Fsp3) is 0.533. The van der Waals surface area contributed by atoms with Crippen LogP contribution in [-0.4, -0.2) is 20.2 Å². The molecule has 5 nitrogen and oxygen atoms in total. The van der Waals surface area contributed by atoms with E-state index in [-0.39, 0.29) is 0 Å². The summed E-state index contributed by atoms with van der Waals surface area (Å²) in [4.78, 5) is 0. The largest absolute Gasteiger partial charge is 0.398 e. The van der Waals surface area contributed by atoms with E-state index in [4.69, 9.17) is 17.3 Å². The van der Waals surface area contributed by atoms with E-state index in [1.54, 1.807) is 6.07 Å². The highest BCUT2D eigenvalue weighted by Gasteiger charge is 2.10. The molecule has 0 atom stereocenters. The fourth-order valence-corrected chi connectivity index (χ4v) is 2.40. The van der Waals surface area contributed by atoms with E-state index in [0.717, 1.165) is 24.4 Å². The highest BCUT2D eigenvalue weighted by Crippen LogP contribution is 2.25. The zero-order valence-corrected chi connectivity index (χ0v) is 13.2. The van der Waals surface area contributed by atoms with E-state index in [1.165, 1.54) is 32.1 Å².